The van der Waals surface area contributed by atoms with E-state index in [9.17, 15) is 20.2 Å². The van der Waals surface area contributed by atoms with Crippen LogP contribution >= 0.6 is 0 Å². The minimum Gasteiger partial charge on any atom is -0.358 e. The van der Waals surface area contributed by atoms with E-state index < -0.39 is 9.85 Å². The van der Waals surface area contributed by atoms with E-state index in [2.05, 4.69) is 16.3 Å². The third-order valence-electron chi connectivity index (χ3n) is 1.58. The zero-order chi connectivity index (χ0) is 12.7. The molecule has 0 saturated carbocycles. The second-order valence-corrected chi connectivity index (χ2v) is 2.70. The molecule has 87 valence electrons. The first-order chi connectivity index (χ1) is 8.11. The van der Waals surface area contributed by atoms with Crippen molar-refractivity contribution < 1.29 is 9.85 Å². The molecule has 2 rings (SSSR count). The number of rotatable bonds is 2. The first kappa shape index (κ1) is 12.3. The third kappa shape index (κ3) is 4.08. The molecule has 0 fully saturated rings. The highest BCUT2D eigenvalue weighted by Crippen LogP contribution is 2.06. The Kier molecular flexibility index (Phi) is 4.31. The predicted octanol–water partition coefficient (Wildman–Crippen LogP) is 1.71. The van der Waals surface area contributed by atoms with Gasteiger partial charge in [-0.05, 0) is 23.1 Å². The summed E-state index contributed by atoms with van der Waals surface area (Å²) >= 11 is 0. The van der Waals surface area contributed by atoms with Gasteiger partial charge in [0.2, 0.25) is 0 Å². The molecule has 0 amide bonds. The van der Waals surface area contributed by atoms with Crippen molar-refractivity contribution in [2.45, 2.75) is 0 Å². The van der Waals surface area contributed by atoms with Crippen LogP contribution in [0.3, 0.4) is 0 Å². The summed E-state index contributed by atoms with van der Waals surface area (Å²) in [7, 11) is 0. The van der Waals surface area contributed by atoms with Crippen LogP contribution in [0.5, 0.6) is 0 Å². The number of nitro groups is 2. The summed E-state index contributed by atoms with van der Waals surface area (Å²) in [5, 5.41) is 25.4. The molecule has 1 radical (unpaired) electrons. The van der Waals surface area contributed by atoms with Crippen LogP contribution in [0.15, 0.2) is 36.5 Å². The van der Waals surface area contributed by atoms with Crippen molar-refractivity contribution in [2.75, 3.05) is 0 Å². The highest BCUT2D eigenvalue weighted by Gasteiger charge is 2.03. The Hall–Kier alpha value is -2.77. The van der Waals surface area contributed by atoms with E-state index in [0.29, 0.717) is 0 Å². The molecule has 8 nitrogen and oxygen atoms in total. The standard InChI is InChI=1S/C6H4NO2.C3H3N3O2/c8-7(9)6-4-2-1-3-5-6;7-6(8)3-1-2-4-5-3/h2-5H;1-2H,(H,4,5). The summed E-state index contributed by atoms with van der Waals surface area (Å²) in [5.74, 6) is -0.148. The Balaban J connectivity index is 0.000000171. The van der Waals surface area contributed by atoms with E-state index >= 15 is 0 Å². The number of hydrogen-bond donors (Lipinski definition) is 1. The summed E-state index contributed by atoms with van der Waals surface area (Å²) in [6.45, 7) is 0. The van der Waals surface area contributed by atoms with E-state index in [1.807, 2.05) is 0 Å². The quantitative estimate of drug-likeness (QED) is 0.628. The smallest absolute Gasteiger partial charge is 0.358 e. The van der Waals surface area contributed by atoms with Crippen molar-refractivity contribution in [1.82, 2.24) is 10.2 Å². The average molecular weight is 235 g/mol. The number of non-ortho nitro benzene ring substituents is 1. The van der Waals surface area contributed by atoms with Crippen LogP contribution < -0.4 is 0 Å². The molecular weight excluding hydrogens is 228 g/mol. The maximum atomic E-state index is 9.99. The van der Waals surface area contributed by atoms with Crippen LogP contribution in [-0.2, 0) is 0 Å². The Morgan fingerprint density at radius 1 is 1.12 bits per heavy atom. The number of H-pyrrole nitrogens is 1. The van der Waals surface area contributed by atoms with Crippen molar-refractivity contribution in [3.8, 4) is 0 Å². The van der Waals surface area contributed by atoms with E-state index in [1.165, 1.54) is 36.5 Å². The summed E-state index contributed by atoms with van der Waals surface area (Å²) in [5.41, 5.74) is 0.105. The van der Waals surface area contributed by atoms with Gasteiger partial charge in [-0.3, -0.25) is 10.1 Å². The van der Waals surface area contributed by atoms with E-state index in [0.717, 1.165) is 0 Å². The molecule has 0 unspecified atom stereocenters. The maximum Gasteiger partial charge on any atom is 0.389 e. The van der Waals surface area contributed by atoms with Gasteiger partial charge in [0, 0.05) is 12.1 Å². The normalized spacial score (nSPS) is 8.94. The number of benzene rings is 1. The van der Waals surface area contributed by atoms with Crippen molar-refractivity contribution in [1.29, 1.82) is 0 Å². The van der Waals surface area contributed by atoms with Crippen LogP contribution in [0.4, 0.5) is 11.5 Å². The molecule has 1 aromatic carbocycles. The molecule has 17 heavy (non-hydrogen) atoms. The Morgan fingerprint density at radius 3 is 2.06 bits per heavy atom. The molecule has 8 heteroatoms. The van der Waals surface area contributed by atoms with Gasteiger partial charge in [-0.15, -0.1) is 0 Å². The fourth-order valence-electron chi connectivity index (χ4n) is 0.854. The van der Waals surface area contributed by atoms with Crippen molar-refractivity contribution in [3.05, 3.63) is 62.8 Å². The minimum absolute atomic E-state index is 0.105. The van der Waals surface area contributed by atoms with Gasteiger partial charge in [0.25, 0.3) is 5.69 Å². The number of nitrogens with one attached hydrogen (secondary N) is 1. The lowest BCUT2D eigenvalue weighted by molar-refractivity contribution is -0.389. The number of nitrogens with zero attached hydrogens (tertiary/aromatic N) is 3. The Bertz CT molecular complexity index is 483. The largest absolute Gasteiger partial charge is 0.389 e. The van der Waals surface area contributed by atoms with Crippen LogP contribution in [0, 0.1) is 26.3 Å². The van der Waals surface area contributed by atoms with Gasteiger partial charge < -0.3 is 10.1 Å². The zero-order valence-electron chi connectivity index (χ0n) is 8.44. The second-order valence-electron chi connectivity index (χ2n) is 2.70. The van der Waals surface area contributed by atoms with Crippen LogP contribution in [-0.4, -0.2) is 20.0 Å². The van der Waals surface area contributed by atoms with Gasteiger partial charge >= 0.3 is 5.82 Å². The fourth-order valence-corrected chi connectivity index (χ4v) is 0.854. The highest BCUT2D eigenvalue weighted by atomic mass is 16.6. The van der Waals surface area contributed by atoms with Crippen molar-refractivity contribution in [3.63, 3.8) is 0 Å². The molecule has 1 heterocycles. The molecule has 0 aliphatic rings. The molecule has 1 N–H and O–H groups in total. The van der Waals surface area contributed by atoms with Gasteiger partial charge in [0.1, 0.15) is 0 Å². The Morgan fingerprint density at radius 2 is 1.76 bits per heavy atom. The molecule has 0 atom stereocenters. The number of aromatic nitrogens is 2. The second kappa shape index (κ2) is 5.95. The van der Waals surface area contributed by atoms with Gasteiger partial charge in [0.15, 0.2) is 0 Å². The monoisotopic (exact) mass is 235 g/mol. The van der Waals surface area contributed by atoms with E-state index in [1.54, 1.807) is 0 Å². The minimum atomic E-state index is -0.559. The lowest BCUT2D eigenvalue weighted by atomic mass is 10.3. The van der Waals surface area contributed by atoms with Gasteiger partial charge in [0.05, 0.1) is 22.3 Å². The fraction of sp³-hybridized carbons (Fsp3) is 0. The maximum absolute atomic E-state index is 9.99. The summed E-state index contributed by atoms with van der Waals surface area (Å²) in [6.07, 6.45) is 1.40. The van der Waals surface area contributed by atoms with Crippen LogP contribution in [0.1, 0.15) is 0 Å². The van der Waals surface area contributed by atoms with Crippen molar-refractivity contribution in [2.24, 2.45) is 0 Å². The third-order valence-corrected chi connectivity index (χ3v) is 1.58. The molecule has 1 aromatic heterocycles. The Labute approximate surface area is 95.2 Å². The van der Waals surface area contributed by atoms with E-state index in [4.69, 9.17) is 0 Å². The first-order valence-corrected chi connectivity index (χ1v) is 4.36. The number of aromatic amines is 1. The van der Waals surface area contributed by atoms with Crippen molar-refractivity contribution >= 4 is 11.5 Å². The van der Waals surface area contributed by atoms with Crippen LogP contribution in [0.2, 0.25) is 0 Å². The predicted molar refractivity (Wildman–Crippen MR) is 57.2 cm³/mol. The molecule has 0 aliphatic heterocycles. The number of hydrogen-bond acceptors (Lipinski definition) is 5. The molecular formula is C9H7N4O4. The lowest BCUT2D eigenvalue weighted by Crippen LogP contribution is -1.86. The molecule has 0 saturated heterocycles. The average Bonchev–Trinajstić information content (AvgIpc) is 2.84. The molecule has 0 aliphatic carbocycles. The van der Waals surface area contributed by atoms with Gasteiger partial charge in [-0.25, -0.2) is 0 Å². The topological polar surface area (TPSA) is 115 Å². The highest BCUT2D eigenvalue weighted by molar-refractivity contribution is 5.27. The summed E-state index contributed by atoms with van der Waals surface area (Å²) in [4.78, 5) is 18.8. The van der Waals surface area contributed by atoms with E-state index in [-0.39, 0.29) is 11.5 Å². The number of nitro benzene ring substituents is 1. The SMILES string of the molecule is O=[N+]([O-])c1cc[c]cc1.O=[N+]([O-])c1cc[nH]n1. The van der Waals surface area contributed by atoms with Crippen LogP contribution in [0.25, 0.3) is 0 Å². The summed E-state index contributed by atoms with van der Waals surface area (Å²) in [6, 6.07) is 9.80. The lowest BCUT2D eigenvalue weighted by Gasteiger charge is -1.84. The molecule has 2 aromatic rings. The van der Waals surface area contributed by atoms with Gasteiger partial charge in [-0.2, -0.15) is 5.10 Å². The molecule has 0 spiro atoms. The molecule has 0 bridgehead atoms. The first-order valence-electron chi connectivity index (χ1n) is 4.36. The zero-order valence-corrected chi connectivity index (χ0v) is 8.44. The van der Waals surface area contributed by atoms with Gasteiger partial charge in [-0.1, -0.05) is 0 Å². The summed E-state index contributed by atoms with van der Waals surface area (Å²) < 4.78 is 0.